The van der Waals surface area contributed by atoms with Crippen LogP contribution >= 0.6 is 0 Å². The van der Waals surface area contributed by atoms with Crippen molar-refractivity contribution in [2.75, 3.05) is 14.2 Å². The maximum Gasteiger partial charge on any atom is 0.163 e. The van der Waals surface area contributed by atoms with Gasteiger partial charge in [0.25, 0.3) is 0 Å². The Balaban J connectivity index is 2.25. The van der Waals surface area contributed by atoms with E-state index in [0.717, 1.165) is 6.42 Å². The SMILES string of the molecule is COc1cc(F)c([C@H](N)CC2CC2)cc1OC. The maximum absolute atomic E-state index is 13.9. The summed E-state index contributed by atoms with van der Waals surface area (Å²) in [7, 11) is 3.02. The minimum atomic E-state index is -0.323. The minimum Gasteiger partial charge on any atom is -0.493 e. The Morgan fingerprint density at radius 2 is 1.88 bits per heavy atom. The quantitative estimate of drug-likeness (QED) is 0.859. The second-order valence-electron chi connectivity index (χ2n) is 4.51. The Bertz CT molecular complexity index is 405. The van der Waals surface area contributed by atoms with Crippen LogP contribution in [-0.4, -0.2) is 14.2 Å². The fraction of sp³-hybridized carbons (Fsp3) is 0.538. The molecule has 1 aromatic rings. The van der Waals surface area contributed by atoms with E-state index in [1.165, 1.54) is 33.1 Å². The molecular formula is C13H18FNO2. The Morgan fingerprint density at radius 1 is 1.29 bits per heavy atom. The van der Waals surface area contributed by atoms with Crippen LogP contribution in [0.4, 0.5) is 4.39 Å². The van der Waals surface area contributed by atoms with Crippen molar-refractivity contribution in [3.05, 3.63) is 23.5 Å². The predicted octanol–water partition coefficient (Wildman–Crippen LogP) is 2.64. The van der Waals surface area contributed by atoms with Crippen molar-refractivity contribution in [2.24, 2.45) is 11.7 Å². The molecule has 4 heteroatoms. The van der Waals surface area contributed by atoms with Gasteiger partial charge in [0.15, 0.2) is 11.5 Å². The molecule has 3 nitrogen and oxygen atoms in total. The number of benzene rings is 1. The molecule has 0 unspecified atom stereocenters. The van der Waals surface area contributed by atoms with Crippen LogP contribution in [0.5, 0.6) is 11.5 Å². The number of methoxy groups -OCH3 is 2. The molecule has 2 N–H and O–H groups in total. The van der Waals surface area contributed by atoms with Crippen LogP contribution in [0.1, 0.15) is 30.9 Å². The van der Waals surface area contributed by atoms with Crippen LogP contribution in [-0.2, 0) is 0 Å². The second-order valence-corrected chi connectivity index (χ2v) is 4.51. The third-order valence-electron chi connectivity index (χ3n) is 3.19. The topological polar surface area (TPSA) is 44.5 Å². The fourth-order valence-corrected chi connectivity index (χ4v) is 1.99. The molecule has 1 aliphatic rings. The highest BCUT2D eigenvalue weighted by Gasteiger charge is 2.26. The summed E-state index contributed by atoms with van der Waals surface area (Å²) in [5.74, 6) is 1.26. The molecule has 0 heterocycles. The van der Waals surface area contributed by atoms with Gasteiger partial charge in [0, 0.05) is 17.7 Å². The van der Waals surface area contributed by atoms with Crippen molar-refractivity contribution in [3.8, 4) is 11.5 Å². The molecule has 1 fully saturated rings. The Hall–Kier alpha value is -1.29. The van der Waals surface area contributed by atoms with Crippen molar-refractivity contribution in [1.29, 1.82) is 0 Å². The molecule has 1 atom stereocenters. The Labute approximate surface area is 101 Å². The first kappa shape index (κ1) is 12.2. The molecule has 17 heavy (non-hydrogen) atoms. The van der Waals surface area contributed by atoms with Crippen molar-refractivity contribution >= 4 is 0 Å². The van der Waals surface area contributed by atoms with E-state index in [2.05, 4.69) is 0 Å². The van der Waals surface area contributed by atoms with E-state index in [0.29, 0.717) is 23.0 Å². The summed E-state index contributed by atoms with van der Waals surface area (Å²) in [4.78, 5) is 0. The molecule has 2 rings (SSSR count). The molecule has 0 amide bonds. The minimum absolute atomic E-state index is 0.262. The fourth-order valence-electron chi connectivity index (χ4n) is 1.99. The summed E-state index contributed by atoms with van der Waals surface area (Å²) in [5.41, 5.74) is 6.52. The highest BCUT2D eigenvalue weighted by Crippen LogP contribution is 2.39. The van der Waals surface area contributed by atoms with Crippen molar-refractivity contribution in [2.45, 2.75) is 25.3 Å². The van der Waals surface area contributed by atoms with E-state index in [-0.39, 0.29) is 11.9 Å². The summed E-state index contributed by atoms with van der Waals surface area (Å²) in [6.07, 6.45) is 3.26. The first-order valence-electron chi connectivity index (χ1n) is 5.82. The Morgan fingerprint density at radius 3 is 2.41 bits per heavy atom. The van der Waals surface area contributed by atoms with Crippen LogP contribution in [0.15, 0.2) is 12.1 Å². The van der Waals surface area contributed by atoms with Gasteiger partial charge in [-0.2, -0.15) is 0 Å². The third-order valence-corrected chi connectivity index (χ3v) is 3.19. The van der Waals surface area contributed by atoms with Crippen molar-refractivity contribution < 1.29 is 13.9 Å². The molecule has 1 aliphatic carbocycles. The van der Waals surface area contributed by atoms with Gasteiger partial charge in [0.2, 0.25) is 0 Å². The smallest absolute Gasteiger partial charge is 0.163 e. The lowest BCUT2D eigenvalue weighted by Gasteiger charge is -2.15. The number of hydrogen-bond donors (Lipinski definition) is 1. The van der Waals surface area contributed by atoms with Gasteiger partial charge in [-0.25, -0.2) is 4.39 Å². The van der Waals surface area contributed by atoms with Crippen LogP contribution in [0, 0.1) is 11.7 Å². The number of nitrogens with two attached hydrogens (primary N) is 1. The zero-order chi connectivity index (χ0) is 12.4. The number of ether oxygens (including phenoxy) is 2. The van der Waals surface area contributed by atoms with Gasteiger partial charge in [0.1, 0.15) is 5.82 Å². The van der Waals surface area contributed by atoms with E-state index < -0.39 is 0 Å². The van der Waals surface area contributed by atoms with Gasteiger partial charge in [-0.05, 0) is 18.4 Å². The normalized spacial score (nSPS) is 16.7. The number of hydrogen-bond acceptors (Lipinski definition) is 3. The zero-order valence-electron chi connectivity index (χ0n) is 10.2. The molecule has 0 aliphatic heterocycles. The first-order chi connectivity index (χ1) is 8.15. The van der Waals surface area contributed by atoms with Gasteiger partial charge >= 0.3 is 0 Å². The molecule has 0 spiro atoms. The zero-order valence-corrected chi connectivity index (χ0v) is 10.2. The molecule has 0 bridgehead atoms. The molecular weight excluding hydrogens is 221 g/mol. The van der Waals surface area contributed by atoms with E-state index >= 15 is 0 Å². The van der Waals surface area contributed by atoms with E-state index in [1.807, 2.05) is 0 Å². The summed E-state index contributed by atoms with van der Waals surface area (Å²) in [6.45, 7) is 0. The lowest BCUT2D eigenvalue weighted by atomic mass is 10.0. The van der Waals surface area contributed by atoms with Crippen molar-refractivity contribution in [1.82, 2.24) is 0 Å². The lowest BCUT2D eigenvalue weighted by Crippen LogP contribution is -2.13. The molecule has 0 aromatic heterocycles. The summed E-state index contributed by atoms with van der Waals surface area (Å²) in [5, 5.41) is 0. The van der Waals surface area contributed by atoms with Crippen LogP contribution in [0.25, 0.3) is 0 Å². The molecule has 0 saturated heterocycles. The van der Waals surface area contributed by atoms with Gasteiger partial charge < -0.3 is 15.2 Å². The molecule has 94 valence electrons. The van der Waals surface area contributed by atoms with Gasteiger partial charge in [-0.3, -0.25) is 0 Å². The predicted molar refractivity (Wildman–Crippen MR) is 63.8 cm³/mol. The van der Waals surface area contributed by atoms with Crippen LogP contribution in [0.3, 0.4) is 0 Å². The van der Waals surface area contributed by atoms with Crippen molar-refractivity contribution in [3.63, 3.8) is 0 Å². The average molecular weight is 239 g/mol. The molecule has 1 saturated carbocycles. The summed E-state index contributed by atoms with van der Waals surface area (Å²) >= 11 is 0. The van der Waals surface area contributed by atoms with Gasteiger partial charge in [-0.15, -0.1) is 0 Å². The molecule has 0 radical (unpaired) electrons. The van der Waals surface area contributed by atoms with E-state index in [4.69, 9.17) is 15.2 Å². The maximum atomic E-state index is 13.9. The third kappa shape index (κ3) is 2.69. The largest absolute Gasteiger partial charge is 0.493 e. The Kier molecular flexibility index (Phi) is 3.52. The summed E-state index contributed by atoms with van der Waals surface area (Å²) in [6, 6.07) is 2.71. The number of rotatable bonds is 5. The van der Waals surface area contributed by atoms with Gasteiger partial charge in [-0.1, -0.05) is 12.8 Å². The highest BCUT2D eigenvalue weighted by atomic mass is 19.1. The molecule has 1 aromatic carbocycles. The average Bonchev–Trinajstić information content (AvgIpc) is 3.12. The first-order valence-corrected chi connectivity index (χ1v) is 5.82. The summed E-state index contributed by atoms with van der Waals surface area (Å²) < 4.78 is 24.1. The highest BCUT2D eigenvalue weighted by molar-refractivity contribution is 5.44. The standard InChI is InChI=1S/C13H18FNO2/c1-16-12-6-9(10(14)7-13(12)17-2)11(15)5-8-3-4-8/h6-8,11H,3-5,15H2,1-2H3/t11-/m1/s1. The van der Waals surface area contributed by atoms with E-state index in [9.17, 15) is 4.39 Å². The number of halogens is 1. The lowest BCUT2D eigenvalue weighted by molar-refractivity contribution is 0.350. The van der Waals surface area contributed by atoms with Crippen LogP contribution < -0.4 is 15.2 Å². The van der Waals surface area contributed by atoms with E-state index in [1.54, 1.807) is 6.07 Å². The van der Waals surface area contributed by atoms with Gasteiger partial charge in [0.05, 0.1) is 14.2 Å². The monoisotopic (exact) mass is 239 g/mol. The van der Waals surface area contributed by atoms with Crippen LogP contribution in [0.2, 0.25) is 0 Å². The second kappa shape index (κ2) is 4.92.